The fourth-order valence-corrected chi connectivity index (χ4v) is 3.96. The van der Waals surface area contributed by atoms with Crippen molar-refractivity contribution in [3.63, 3.8) is 0 Å². The molecule has 0 saturated carbocycles. The second-order valence-electron chi connectivity index (χ2n) is 7.47. The van der Waals surface area contributed by atoms with E-state index in [-0.39, 0.29) is 8.85 Å². The first-order valence-corrected chi connectivity index (χ1v) is 10.1. The van der Waals surface area contributed by atoms with E-state index in [1.165, 1.54) is 22.3 Å². The van der Waals surface area contributed by atoms with E-state index < -0.39 is 0 Å². The standard InChI is InChI=1S/C23H29N3O.CH4.H2/c1-2-18-3-5-20(6-4-18)23(17-26-11-13-27-14-12-26)21-9-7-19(8-10-21)22-15-24-25-16-22;;/h3-10,15,22-23,25H,2,11-14,16-17H2,1H3;1H4;1H. The molecule has 1 N–H and O–H groups in total. The third-order valence-electron chi connectivity index (χ3n) is 5.76. The van der Waals surface area contributed by atoms with Crippen molar-refractivity contribution in [2.75, 3.05) is 39.4 Å². The van der Waals surface area contributed by atoms with Crippen molar-refractivity contribution in [3.05, 3.63) is 70.8 Å². The highest BCUT2D eigenvalue weighted by molar-refractivity contribution is 5.69. The van der Waals surface area contributed by atoms with Gasteiger partial charge in [0.2, 0.25) is 0 Å². The molecule has 2 aliphatic heterocycles. The lowest BCUT2D eigenvalue weighted by Crippen LogP contribution is -2.39. The van der Waals surface area contributed by atoms with Crippen molar-refractivity contribution in [2.45, 2.75) is 32.6 Å². The summed E-state index contributed by atoms with van der Waals surface area (Å²) in [5.41, 5.74) is 8.56. The number of benzene rings is 2. The lowest BCUT2D eigenvalue weighted by Gasteiger charge is -2.31. The van der Waals surface area contributed by atoms with Crippen LogP contribution in [0.4, 0.5) is 0 Å². The van der Waals surface area contributed by atoms with E-state index in [1.54, 1.807) is 0 Å². The number of rotatable bonds is 6. The van der Waals surface area contributed by atoms with Crippen LogP contribution in [0.2, 0.25) is 0 Å². The Hall–Kier alpha value is -2.17. The van der Waals surface area contributed by atoms with Gasteiger partial charge in [-0.15, -0.1) is 0 Å². The lowest BCUT2D eigenvalue weighted by atomic mass is 9.88. The van der Waals surface area contributed by atoms with Crippen LogP contribution >= 0.6 is 0 Å². The van der Waals surface area contributed by atoms with E-state index in [2.05, 4.69) is 70.9 Å². The molecule has 1 saturated heterocycles. The molecule has 28 heavy (non-hydrogen) atoms. The van der Waals surface area contributed by atoms with Crippen LogP contribution in [-0.2, 0) is 11.2 Å². The van der Waals surface area contributed by atoms with Gasteiger partial charge in [-0.2, -0.15) is 5.10 Å². The Kier molecular flexibility index (Phi) is 7.24. The fourth-order valence-electron chi connectivity index (χ4n) is 3.96. The number of hydrogen-bond donors (Lipinski definition) is 1. The molecule has 4 rings (SSSR count). The summed E-state index contributed by atoms with van der Waals surface area (Å²) in [6.45, 7) is 7.87. The van der Waals surface area contributed by atoms with Crippen LogP contribution in [0.15, 0.2) is 53.6 Å². The molecule has 4 heteroatoms. The molecule has 2 aliphatic rings. The van der Waals surface area contributed by atoms with Crippen molar-refractivity contribution < 1.29 is 6.16 Å². The van der Waals surface area contributed by atoms with Crippen LogP contribution in [-0.4, -0.2) is 50.5 Å². The first-order valence-electron chi connectivity index (χ1n) is 10.1. The monoisotopic (exact) mass is 381 g/mol. The fraction of sp³-hybridized carbons (Fsp3) is 0.458. The van der Waals surface area contributed by atoms with Gasteiger partial charge in [-0.25, -0.2) is 0 Å². The number of aryl methyl sites for hydroxylation is 1. The minimum Gasteiger partial charge on any atom is -0.379 e. The van der Waals surface area contributed by atoms with Gasteiger partial charge >= 0.3 is 0 Å². The molecule has 4 nitrogen and oxygen atoms in total. The van der Waals surface area contributed by atoms with Crippen molar-refractivity contribution in [3.8, 4) is 0 Å². The molecular weight excluding hydrogens is 346 g/mol. The molecule has 1 fully saturated rings. The highest BCUT2D eigenvalue weighted by Gasteiger charge is 2.21. The Balaban J connectivity index is 0.00000150. The first kappa shape index (κ1) is 20.6. The Morgan fingerprint density at radius 3 is 2.29 bits per heavy atom. The number of hydrogen-bond acceptors (Lipinski definition) is 4. The molecule has 0 aliphatic carbocycles. The summed E-state index contributed by atoms with van der Waals surface area (Å²) >= 11 is 0. The zero-order valence-electron chi connectivity index (χ0n) is 16.1. The van der Waals surface area contributed by atoms with Crippen molar-refractivity contribution >= 4 is 6.21 Å². The maximum absolute atomic E-state index is 5.54. The lowest BCUT2D eigenvalue weighted by molar-refractivity contribution is 0.0365. The van der Waals surface area contributed by atoms with Gasteiger partial charge in [0, 0.05) is 45.7 Å². The molecule has 152 valence electrons. The highest BCUT2D eigenvalue weighted by atomic mass is 16.5. The van der Waals surface area contributed by atoms with E-state index in [0.29, 0.717) is 11.8 Å². The van der Waals surface area contributed by atoms with Gasteiger partial charge in [0.1, 0.15) is 0 Å². The van der Waals surface area contributed by atoms with E-state index >= 15 is 0 Å². The normalized spacial score (nSPS) is 20.4. The van der Waals surface area contributed by atoms with Gasteiger partial charge in [-0.05, 0) is 28.7 Å². The van der Waals surface area contributed by atoms with Crippen LogP contribution in [0.25, 0.3) is 0 Å². The van der Waals surface area contributed by atoms with Gasteiger partial charge in [-0.3, -0.25) is 4.90 Å². The van der Waals surface area contributed by atoms with Gasteiger partial charge in [-0.1, -0.05) is 62.9 Å². The molecule has 0 amide bonds. The van der Waals surface area contributed by atoms with Crippen molar-refractivity contribution in [1.82, 2.24) is 10.3 Å². The molecule has 2 aromatic rings. The smallest absolute Gasteiger partial charge is 0.0594 e. The Morgan fingerprint density at radius 1 is 1.07 bits per heavy atom. The Morgan fingerprint density at radius 2 is 1.71 bits per heavy atom. The molecule has 0 aromatic heterocycles. The molecule has 0 bridgehead atoms. The summed E-state index contributed by atoms with van der Waals surface area (Å²) in [4.78, 5) is 2.53. The second-order valence-corrected chi connectivity index (χ2v) is 7.47. The molecule has 2 aromatic carbocycles. The largest absolute Gasteiger partial charge is 0.379 e. The third kappa shape index (κ3) is 4.81. The molecular formula is C24H35N3O. The van der Waals surface area contributed by atoms with E-state index in [1.807, 2.05) is 6.21 Å². The van der Waals surface area contributed by atoms with Gasteiger partial charge < -0.3 is 10.2 Å². The zero-order valence-corrected chi connectivity index (χ0v) is 16.1. The van der Waals surface area contributed by atoms with Gasteiger partial charge in [0.25, 0.3) is 0 Å². The minimum absolute atomic E-state index is 0. The second kappa shape index (κ2) is 9.85. The average molecular weight is 382 g/mol. The molecule has 2 atom stereocenters. The van der Waals surface area contributed by atoms with Crippen LogP contribution in [0.5, 0.6) is 0 Å². The summed E-state index contributed by atoms with van der Waals surface area (Å²) in [5, 5.41) is 4.15. The number of morpholine rings is 1. The molecule has 2 unspecified atom stereocenters. The minimum atomic E-state index is 0. The summed E-state index contributed by atoms with van der Waals surface area (Å²) in [5.74, 6) is 0.777. The number of nitrogens with zero attached hydrogens (tertiary/aromatic N) is 2. The van der Waals surface area contributed by atoms with Crippen molar-refractivity contribution in [2.24, 2.45) is 5.10 Å². The van der Waals surface area contributed by atoms with Crippen LogP contribution in [0.3, 0.4) is 0 Å². The van der Waals surface area contributed by atoms with E-state index in [4.69, 9.17) is 4.74 Å². The van der Waals surface area contributed by atoms with Crippen LogP contribution in [0, 0.1) is 0 Å². The van der Waals surface area contributed by atoms with Crippen LogP contribution < -0.4 is 5.43 Å². The van der Waals surface area contributed by atoms with E-state index in [9.17, 15) is 0 Å². The Labute approximate surface area is 171 Å². The SMILES string of the molecule is C.CCc1ccc(C(CN2CCOCC2)c2ccc(C3C=NNC3)cc2)cc1.[HH]. The highest BCUT2D eigenvalue weighted by Crippen LogP contribution is 2.28. The summed E-state index contributed by atoms with van der Waals surface area (Å²) < 4.78 is 5.54. The first-order chi connectivity index (χ1) is 13.3. The van der Waals surface area contributed by atoms with Crippen molar-refractivity contribution in [1.29, 1.82) is 0 Å². The molecule has 0 radical (unpaired) electrons. The maximum Gasteiger partial charge on any atom is 0.0594 e. The average Bonchev–Trinajstić information content (AvgIpc) is 3.28. The molecule has 2 heterocycles. The topological polar surface area (TPSA) is 36.9 Å². The summed E-state index contributed by atoms with van der Waals surface area (Å²) in [7, 11) is 0. The number of ether oxygens (including phenoxy) is 1. The maximum atomic E-state index is 5.54. The van der Waals surface area contributed by atoms with Gasteiger partial charge in [0.15, 0.2) is 0 Å². The summed E-state index contributed by atoms with van der Waals surface area (Å²) in [6, 6.07) is 18.3. The predicted octanol–water partition coefficient (Wildman–Crippen LogP) is 4.27. The van der Waals surface area contributed by atoms with Gasteiger partial charge in [0.05, 0.1) is 13.2 Å². The number of hydrazone groups is 1. The zero-order chi connectivity index (χ0) is 18.5. The van der Waals surface area contributed by atoms with E-state index in [0.717, 1.165) is 45.8 Å². The number of nitrogens with one attached hydrogen (secondary N) is 1. The third-order valence-corrected chi connectivity index (χ3v) is 5.76. The molecule has 0 spiro atoms. The quantitative estimate of drug-likeness (QED) is 0.812. The summed E-state index contributed by atoms with van der Waals surface area (Å²) in [6.07, 6.45) is 3.09. The Bertz CT molecular complexity index is 755. The predicted molar refractivity (Wildman–Crippen MR) is 119 cm³/mol. The van der Waals surface area contributed by atoms with Crippen LogP contribution in [0.1, 0.15) is 49.9 Å².